The Balaban J connectivity index is 2.58. The van der Waals surface area contributed by atoms with E-state index < -0.39 is 0 Å². The molecule has 2 N–H and O–H groups in total. The predicted molar refractivity (Wildman–Crippen MR) is 91.1 cm³/mol. The second kappa shape index (κ2) is 9.45. The van der Waals surface area contributed by atoms with Crippen molar-refractivity contribution in [1.29, 1.82) is 0 Å². The average Bonchev–Trinajstić information content (AvgIpc) is 2.45. The third-order valence-corrected chi connectivity index (χ3v) is 3.02. The van der Waals surface area contributed by atoms with Gasteiger partial charge in [-0.1, -0.05) is 19.9 Å². The fourth-order valence-electron chi connectivity index (χ4n) is 1.75. The predicted octanol–water partition coefficient (Wildman–Crippen LogP) is 3.10. The highest BCUT2D eigenvalue weighted by Crippen LogP contribution is 2.28. The topological polar surface area (TPSA) is 42.5 Å². The Morgan fingerprint density at radius 2 is 1.76 bits per heavy atom. The van der Waals surface area contributed by atoms with Gasteiger partial charge >= 0.3 is 0 Å². The first-order valence-corrected chi connectivity index (χ1v) is 7.87. The van der Waals surface area contributed by atoms with Crippen LogP contribution in [0.4, 0.5) is 0 Å². The zero-order valence-electron chi connectivity index (χ0n) is 13.4. The molecule has 0 saturated carbocycles. The molecule has 1 aromatic carbocycles. The van der Waals surface area contributed by atoms with E-state index in [1.54, 1.807) is 0 Å². The average molecular weight is 310 g/mol. The van der Waals surface area contributed by atoms with Gasteiger partial charge in [0.15, 0.2) is 16.6 Å². The molecule has 0 spiro atoms. The van der Waals surface area contributed by atoms with Crippen LogP contribution in [0.3, 0.4) is 0 Å². The maximum Gasteiger partial charge on any atom is 0.166 e. The van der Waals surface area contributed by atoms with Crippen LogP contribution in [0.5, 0.6) is 11.5 Å². The summed E-state index contributed by atoms with van der Waals surface area (Å²) in [5, 5.41) is 7.06. The lowest BCUT2D eigenvalue weighted by Gasteiger charge is -2.14. The minimum atomic E-state index is 0.569. The van der Waals surface area contributed by atoms with Crippen LogP contribution >= 0.6 is 12.2 Å². The van der Waals surface area contributed by atoms with Gasteiger partial charge in [-0.2, -0.15) is 0 Å². The Labute approximate surface area is 133 Å². The molecule has 4 nitrogen and oxygen atoms in total. The van der Waals surface area contributed by atoms with Gasteiger partial charge in [-0.05, 0) is 49.7 Å². The fraction of sp³-hybridized carbons (Fsp3) is 0.562. The number of hydrogen-bond acceptors (Lipinski definition) is 3. The van der Waals surface area contributed by atoms with Crippen molar-refractivity contribution in [3.8, 4) is 11.5 Å². The van der Waals surface area contributed by atoms with Gasteiger partial charge in [-0.25, -0.2) is 0 Å². The van der Waals surface area contributed by atoms with Crippen molar-refractivity contribution in [1.82, 2.24) is 10.6 Å². The molecule has 0 saturated heterocycles. The van der Waals surface area contributed by atoms with Crippen LogP contribution in [0, 0.1) is 5.92 Å². The Bertz CT molecular complexity index is 450. The van der Waals surface area contributed by atoms with E-state index in [1.807, 2.05) is 32.0 Å². The molecule has 118 valence electrons. The molecule has 5 heteroatoms. The van der Waals surface area contributed by atoms with Gasteiger partial charge in [0, 0.05) is 13.1 Å². The Morgan fingerprint density at radius 1 is 1.10 bits per heavy atom. The van der Waals surface area contributed by atoms with E-state index in [-0.39, 0.29) is 0 Å². The molecule has 0 aliphatic rings. The molecule has 0 bridgehead atoms. The number of rotatable bonds is 8. The molecule has 0 heterocycles. The lowest BCUT2D eigenvalue weighted by atomic mass is 10.2. The van der Waals surface area contributed by atoms with Gasteiger partial charge in [-0.15, -0.1) is 0 Å². The van der Waals surface area contributed by atoms with E-state index >= 15 is 0 Å². The van der Waals surface area contributed by atoms with Crippen molar-refractivity contribution < 1.29 is 9.47 Å². The summed E-state index contributed by atoms with van der Waals surface area (Å²) in [5.41, 5.74) is 1.11. The largest absolute Gasteiger partial charge is 0.490 e. The Hall–Kier alpha value is -1.49. The first-order chi connectivity index (χ1) is 10.1. The van der Waals surface area contributed by atoms with Gasteiger partial charge in [0.05, 0.1) is 13.2 Å². The third-order valence-electron chi connectivity index (χ3n) is 2.73. The first-order valence-electron chi connectivity index (χ1n) is 7.47. The van der Waals surface area contributed by atoms with Gasteiger partial charge in [-0.3, -0.25) is 0 Å². The molecule has 0 aromatic heterocycles. The standard InChI is InChI=1S/C16H26N2O2S/c1-5-19-14-8-7-13(9-15(14)20-6-2)11-18-16(21)17-10-12(3)4/h7-9,12H,5-6,10-11H2,1-4H3,(H2,17,18,21). The summed E-state index contributed by atoms with van der Waals surface area (Å²) in [5.74, 6) is 2.13. The lowest BCUT2D eigenvalue weighted by Crippen LogP contribution is -2.36. The summed E-state index contributed by atoms with van der Waals surface area (Å²) in [6.45, 7) is 11.0. The molecule has 0 aliphatic heterocycles. The Kier molecular flexibility index (Phi) is 7.90. The van der Waals surface area contributed by atoms with Crippen LogP contribution < -0.4 is 20.1 Å². The van der Waals surface area contributed by atoms with Gasteiger partial charge in [0.1, 0.15) is 0 Å². The maximum atomic E-state index is 5.61. The fourth-order valence-corrected chi connectivity index (χ4v) is 1.90. The monoisotopic (exact) mass is 310 g/mol. The summed E-state index contributed by atoms with van der Waals surface area (Å²) < 4.78 is 11.2. The summed E-state index contributed by atoms with van der Waals surface area (Å²) in [6, 6.07) is 5.95. The SMILES string of the molecule is CCOc1ccc(CNC(=S)NCC(C)C)cc1OCC. The summed E-state index contributed by atoms with van der Waals surface area (Å²) in [4.78, 5) is 0. The molecule has 21 heavy (non-hydrogen) atoms. The van der Waals surface area contributed by atoms with E-state index in [2.05, 4.69) is 24.5 Å². The third kappa shape index (κ3) is 6.67. The zero-order valence-corrected chi connectivity index (χ0v) is 14.2. The number of hydrogen-bond donors (Lipinski definition) is 2. The molecule has 0 radical (unpaired) electrons. The van der Waals surface area contributed by atoms with Crippen LogP contribution in [0.25, 0.3) is 0 Å². The van der Waals surface area contributed by atoms with Crippen LogP contribution in [0.2, 0.25) is 0 Å². The highest BCUT2D eigenvalue weighted by Gasteiger charge is 2.06. The van der Waals surface area contributed by atoms with E-state index in [0.29, 0.717) is 30.8 Å². The highest BCUT2D eigenvalue weighted by atomic mass is 32.1. The van der Waals surface area contributed by atoms with Gasteiger partial charge < -0.3 is 20.1 Å². The van der Waals surface area contributed by atoms with Crippen LogP contribution in [-0.2, 0) is 6.54 Å². The van der Waals surface area contributed by atoms with Crippen molar-refractivity contribution in [3.63, 3.8) is 0 Å². The second-order valence-electron chi connectivity index (χ2n) is 5.10. The minimum absolute atomic E-state index is 0.569. The zero-order chi connectivity index (χ0) is 15.7. The van der Waals surface area contributed by atoms with Gasteiger partial charge in [0.25, 0.3) is 0 Å². The van der Waals surface area contributed by atoms with Crippen LogP contribution in [0.1, 0.15) is 33.3 Å². The highest BCUT2D eigenvalue weighted by molar-refractivity contribution is 7.80. The number of ether oxygens (including phenoxy) is 2. The van der Waals surface area contributed by atoms with Gasteiger partial charge in [0.2, 0.25) is 0 Å². The van der Waals surface area contributed by atoms with E-state index in [4.69, 9.17) is 21.7 Å². The van der Waals surface area contributed by atoms with E-state index in [1.165, 1.54) is 0 Å². The Morgan fingerprint density at radius 3 is 2.38 bits per heavy atom. The van der Waals surface area contributed by atoms with Crippen molar-refractivity contribution >= 4 is 17.3 Å². The molecular weight excluding hydrogens is 284 g/mol. The van der Waals surface area contributed by atoms with Crippen LogP contribution in [0.15, 0.2) is 18.2 Å². The molecule has 0 atom stereocenters. The molecule has 0 unspecified atom stereocenters. The quantitative estimate of drug-likeness (QED) is 0.722. The van der Waals surface area contributed by atoms with Crippen molar-refractivity contribution in [2.45, 2.75) is 34.2 Å². The first kappa shape index (κ1) is 17.6. The van der Waals surface area contributed by atoms with Crippen molar-refractivity contribution in [2.24, 2.45) is 5.92 Å². The molecular formula is C16H26N2O2S. The van der Waals surface area contributed by atoms with Crippen LogP contribution in [-0.4, -0.2) is 24.9 Å². The van der Waals surface area contributed by atoms with Crippen molar-refractivity contribution in [2.75, 3.05) is 19.8 Å². The summed E-state index contributed by atoms with van der Waals surface area (Å²) in [7, 11) is 0. The minimum Gasteiger partial charge on any atom is -0.490 e. The molecule has 0 fully saturated rings. The number of thiocarbonyl (C=S) groups is 1. The molecule has 1 rings (SSSR count). The van der Waals surface area contributed by atoms with E-state index in [9.17, 15) is 0 Å². The lowest BCUT2D eigenvalue weighted by molar-refractivity contribution is 0.287. The summed E-state index contributed by atoms with van der Waals surface area (Å²) >= 11 is 5.24. The smallest absolute Gasteiger partial charge is 0.166 e. The van der Waals surface area contributed by atoms with E-state index in [0.717, 1.165) is 23.6 Å². The normalized spacial score (nSPS) is 10.3. The van der Waals surface area contributed by atoms with Crippen molar-refractivity contribution in [3.05, 3.63) is 23.8 Å². The number of nitrogens with one attached hydrogen (secondary N) is 2. The maximum absolute atomic E-state index is 5.61. The summed E-state index contributed by atoms with van der Waals surface area (Å²) in [6.07, 6.45) is 0. The second-order valence-corrected chi connectivity index (χ2v) is 5.51. The molecule has 1 aromatic rings. The number of benzene rings is 1. The molecule has 0 aliphatic carbocycles. The molecule has 0 amide bonds.